The van der Waals surface area contributed by atoms with Crippen LogP contribution in [0.5, 0.6) is 0 Å². The van der Waals surface area contributed by atoms with Crippen LogP contribution in [0.3, 0.4) is 0 Å². The molecule has 2 unspecified atom stereocenters. The number of amides is 3. The first kappa shape index (κ1) is 22.8. The normalized spacial score (nSPS) is 25.1. The van der Waals surface area contributed by atoms with Crippen molar-refractivity contribution in [1.29, 1.82) is 0 Å². The lowest BCUT2D eigenvalue weighted by molar-refractivity contribution is -0.121. The van der Waals surface area contributed by atoms with E-state index >= 15 is 0 Å². The van der Waals surface area contributed by atoms with Crippen LogP contribution in [0.15, 0.2) is 29.3 Å². The fourth-order valence-electron chi connectivity index (χ4n) is 4.42. The number of aliphatic imine (C=N–C) groups is 1. The minimum absolute atomic E-state index is 0.0209. The summed E-state index contributed by atoms with van der Waals surface area (Å²) < 4.78 is 5.87. The van der Waals surface area contributed by atoms with E-state index in [1.807, 2.05) is 25.7 Å². The molecular formula is C23H30N4O4S. The molecule has 0 saturated carbocycles. The zero-order valence-electron chi connectivity index (χ0n) is 18.8. The number of amidine groups is 1. The van der Waals surface area contributed by atoms with Gasteiger partial charge in [0.15, 0.2) is 5.17 Å². The topological polar surface area (TPSA) is 91.3 Å². The van der Waals surface area contributed by atoms with Crippen molar-refractivity contribution in [2.45, 2.75) is 57.0 Å². The Bertz CT molecular complexity index is 924. The van der Waals surface area contributed by atoms with Crippen molar-refractivity contribution in [3.05, 3.63) is 29.8 Å². The number of morpholine rings is 1. The summed E-state index contributed by atoms with van der Waals surface area (Å²) in [5, 5.41) is 3.10. The predicted molar refractivity (Wildman–Crippen MR) is 125 cm³/mol. The van der Waals surface area contributed by atoms with Gasteiger partial charge >= 0.3 is 0 Å². The van der Waals surface area contributed by atoms with Gasteiger partial charge in [0.1, 0.15) is 5.25 Å². The highest BCUT2D eigenvalue weighted by atomic mass is 32.2. The molecular weight excluding hydrogens is 428 g/mol. The molecule has 2 atom stereocenters. The van der Waals surface area contributed by atoms with Crippen LogP contribution < -0.4 is 5.32 Å². The molecule has 0 bridgehead atoms. The maximum Gasteiger partial charge on any atom is 0.262 e. The Morgan fingerprint density at radius 3 is 2.56 bits per heavy atom. The number of thioether (sulfide) groups is 1. The molecule has 1 aromatic carbocycles. The molecule has 3 heterocycles. The number of hydrogen-bond acceptors (Lipinski definition) is 6. The first-order chi connectivity index (χ1) is 15.2. The van der Waals surface area contributed by atoms with Crippen LogP contribution in [-0.4, -0.2) is 75.8 Å². The van der Waals surface area contributed by atoms with Gasteiger partial charge in [-0.3, -0.25) is 14.4 Å². The number of nitrogens with one attached hydrogen (secondary N) is 1. The van der Waals surface area contributed by atoms with Crippen LogP contribution in [-0.2, 0) is 14.3 Å². The van der Waals surface area contributed by atoms with Crippen molar-refractivity contribution in [3.8, 4) is 0 Å². The van der Waals surface area contributed by atoms with Gasteiger partial charge in [-0.2, -0.15) is 4.99 Å². The predicted octanol–water partition coefficient (Wildman–Crippen LogP) is 2.75. The Morgan fingerprint density at radius 2 is 1.91 bits per heavy atom. The number of nitrogens with zero attached hydrogens (tertiary/aromatic N) is 3. The number of benzene rings is 1. The highest BCUT2D eigenvalue weighted by Gasteiger charge is 2.35. The molecule has 1 N–H and O–H groups in total. The van der Waals surface area contributed by atoms with E-state index in [2.05, 4.69) is 15.2 Å². The quantitative estimate of drug-likeness (QED) is 0.746. The highest BCUT2D eigenvalue weighted by Crippen LogP contribution is 2.29. The number of rotatable bonds is 4. The average Bonchev–Trinajstić information content (AvgIpc) is 3.37. The summed E-state index contributed by atoms with van der Waals surface area (Å²) in [6.07, 6.45) is 2.28. The van der Waals surface area contributed by atoms with Crippen molar-refractivity contribution >= 4 is 40.3 Å². The third-order valence-electron chi connectivity index (χ3n) is 5.75. The molecule has 3 amide bonds. The largest absolute Gasteiger partial charge is 0.369 e. The minimum atomic E-state index is -0.474. The molecule has 2 saturated heterocycles. The maximum atomic E-state index is 12.9. The lowest BCUT2D eigenvalue weighted by Crippen LogP contribution is -2.53. The lowest BCUT2D eigenvalue weighted by Gasteiger charge is -2.41. The Hall–Kier alpha value is -2.39. The Balaban J connectivity index is 1.30. The van der Waals surface area contributed by atoms with Gasteiger partial charge in [0.25, 0.3) is 11.8 Å². The van der Waals surface area contributed by atoms with Crippen molar-refractivity contribution < 1.29 is 19.1 Å². The van der Waals surface area contributed by atoms with Gasteiger partial charge in [0.2, 0.25) is 5.91 Å². The molecule has 1 aromatic rings. The molecule has 32 heavy (non-hydrogen) atoms. The van der Waals surface area contributed by atoms with Gasteiger partial charge in [0.05, 0.1) is 11.7 Å². The van der Waals surface area contributed by atoms with Crippen molar-refractivity contribution in [3.63, 3.8) is 0 Å². The fourth-order valence-corrected chi connectivity index (χ4v) is 5.54. The Kier molecular flexibility index (Phi) is 6.57. The summed E-state index contributed by atoms with van der Waals surface area (Å²) in [4.78, 5) is 45.7. The first-order valence-electron chi connectivity index (χ1n) is 11.1. The summed E-state index contributed by atoms with van der Waals surface area (Å²) in [6, 6.07) is 6.87. The summed E-state index contributed by atoms with van der Waals surface area (Å²) in [5.41, 5.74) is 0.784. The van der Waals surface area contributed by atoms with Crippen LogP contribution in [0.1, 0.15) is 50.4 Å². The minimum Gasteiger partial charge on any atom is -0.369 e. The van der Waals surface area contributed by atoms with E-state index < -0.39 is 5.25 Å². The van der Waals surface area contributed by atoms with Crippen LogP contribution in [0.25, 0.3) is 0 Å². The fraction of sp³-hybridized carbons (Fsp3) is 0.565. The van der Waals surface area contributed by atoms with Crippen molar-refractivity contribution in [1.82, 2.24) is 9.80 Å². The Morgan fingerprint density at radius 1 is 1.22 bits per heavy atom. The van der Waals surface area contributed by atoms with E-state index in [0.29, 0.717) is 24.3 Å². The highest BCUT2D eigenvalue weighted by molar-refractivity contribution is 8.15. The van der Waals surface area contributed by atoms with Crippen molar-refractivity contribution in [2.24, 2.45) is 4.99 Å². The van der Waals surface area contributed by atoms with Crippen LogP contribution in [0, 0.1) is 0 Å². The van der Waals surface area contributed by atoms with Crippen LogP contribution >= 0.6 is 11.8 Å². The van der Waals surface area contributed by atoms with Crippen LogP contribution in [0.4, 0.5) is 5.69 Å². The van der Waals surface area contributed by atoms with Crippen LogP contribution in [0.2, 0.25) is 0 Å². The smallest absolute Gasteiger partial charge is 0.262 e. The molecule has 4 rings (SSSR count). The molecule has 3 aliphatic rings. The molecule has 0 aromatic heterocycles. The molecule has 0 spiro atoms. The number of hydrogen-bond donors (Lipinski definition) is 1. The summed E-state index contributed by atoms with van der Waals surface area (Å²) in [7, 11) is 0. The summed E-state index contributed by atoms with van der Waals surface area (Å²) >= 11 is 1.38. The second-order valence-corrected chi connectivity index (χ2v) is 10.4. The van der Waals surface area contributed by atoms with Gasteiger partial charge in [-0.25, -0.2) is 0 Å². The standard InChI is InChI=1S/C23H30N4O4S/c1-15-13-27(14-23(2,3)31-15)21(30)16-6-8-17(9-7-16)24-19(28)12-18-20(29)25-22(32-18)26-10-4-5-11-26/h6-9,15,18H,4-5,10-14H2,1-3H3,(H,24,28). The second-order valence-electron chi connectivity index (χ2n) is 9.24. The number of carbonyl (C=O) groups is 3. The van der Waals surface area contributed by atoms with Gasteiger partial charge in [-0.1, -0.05) is 11.8 Å². The van der Waals surface area contributed by atoms with Gasteiger partial charge in [0, 0.05) is 43.9 Å². The van der Waals surface area contributed by atoms with E-state index in [0.717, 1.165) is 31.1 Å². The number of ether oxygens (including phenoxy) is 1. The zero-order chi connectivity index (χ0) is 22.9. The van der Waals surface area contributed by atoms with Gasteiger partial charge < -0.3 is 19.9 Å². The van der Waals surface area contributed by atoms with E-state index in [4.69, 9.17) is 4.74 Å². The molecule has 0 radical (unpaired) electrons. The first-order valence-corrected chi connectivity index (χ1v) is 12.0. The van der Waals surface area contributed by atoms with E-state index in [9.17, 15) is 14.4 Å². The monoisotopic (exact) mass is 458 g/mol. The van der Waals surface area contributed by atoms with E-state index in [-0.39, 0.29) is 35.8 Å². The third kappa shape index (κ3) is 5.32. The Labute approximate surface area is 192 Å². The third-order valence-corrected chi connectivity index (χ3v) is 6.96. The molecule has 172 valence electrons. The zero-order valence-corrected chi connectivity index (χ0v) is 19.6. The van der Waals surface area contributed by atoms with E-state index in [1.54, 1.807) is 24.3 Å². The molecule has 2 fully saturated rings. The molecule has 8 nitrogen and oxygen atoms in total. The lowest BCUT2D eigenvalue weighted by atomic mass is 10.0. The van der Waals surface area contributed by atoms with E-state index in [1.165, 1.54) is 11.8 Å². The average molecular weight is 459 g/mol. The summed E-state index contributed by atoms with van der Waals surface area (Å²) in [6.45, 7) is 8.85. The number of carbonyl (C=O) groups excluding carboxylic acids is 3. The number of anilines is 1. The molecule has 9 heteroatoms. The van der Waals surface area contributed by atoms with Crippen molar-refractivity contribution in [2.75, 3.05) is 31.5 Å². The maximum absolute atomic E-state index is 12.9. The van der Waals surface area contributed by atoms with Gasteiger partial charge in [-0.05, 0) is 57.9 Å². The summed E-state index contributed by atoms with van der Waals surface area (Å²) in [5.74, 6) is -0.530. The van der Waals surface area contributed by atoms with Gasteiger partial charge in [-0.15, -0.1) is 0 Å². The molecule has 0 aliphatic carbocycles. The SMILES string of the molecule is CC1CN(C(=O)c2ccc(NC(=O)CC3SC(N4CCCC4)=NC3=O)cc2)CC(C)(C)O1. The molecule has 3 aliphatic heterocycles. The second kappa shape index (κ2) is 9.23. The number of likely N-dealkylation sites (tertiary alicyclic amines) is 1.